The minimum Gasteiger partial charge on any atom is -0.496 e. The summed E-state index contributed by atoms with van der Waals surface area (Å²) in [5.41, 5.74) is 10.2. The van der Waals surface area contributed by atoms with Gasteiger partial charge in [-0.05, 0) is 94.0 Å². The molecule has 1 saturated heterocycles. The molecule has 2 atom stereocenters. The van der Waals surface area contributed by atoms with E-state index in [9.17, 15) is 19.5 Å². The molecule has 3 heterocycles. The maximum Gasteiger partial charge on any atom is 0.408 e. The van der Waals surface area contributed by atoms with Gasteiger partial charge in [0.05, 0.1) is 41.4 Å². The number of benzene rings is 3. The Morgan fingerprint density at radius 2 is 1.77 bits per heavy atom. The summed E-state index contributed by atoms with van der Waals surface area (Å²) in [7, 11) is 1.53. The molecule has 0 unspecified atom stereocenters. The lowest BCUT2D eigenvalue weighted by Gasteiger charge is -2.45. The fourth-order valence-electron chi connectivity index (χ4n) is 7.68. The number of carboxylic acid groups (broad SMARTS) is 1. The van der Waals surface area contributed by atoms with Crippen LogP contribution in [0.1, 0.15) is 66.3 Å². The summed E-state index contributed by atoms with van der Waals surface area (Å²) in [6.07, 6.45) is -0.242. The standard InChI is InChI=1S/C40H42ClFN4O6/c1-21-35-33(51-5)15-26(38(48)44-19-27(42)17-28(20-44)46(39(49)50)40(2,3)4)16-34(35)52-36(21)32-14-25-9-8-24(13-31(25)45(32)18-22-6-7-22)23-10-11-29(37(43)47)30(41)12-23/h8-16,22,27-28H,6-7,17-20H2,1-5H3,(H2,43,47)(H,49,50)/t27-,28-/m1/s1. The molecule has 2 aromatic heterocycles. The SMILES string of the molecule is COc1cc(C(=O)N2C[C@H](F)C[C@@H](N(C(=O)O)C(C)(C)C)C2)cc2oc(-c3cc4ccc(-c5ccc(C(N)=O)c(Cl)c5)cc4n3CC3CC3)c(C)c12. The van der Waals surface area contributed by atoms with Crippen LogP contribution >= 0.6 is 11.6 Å². The van der Waals surface area contributed by atoms with Gasteiger partial charge in [-0.1, -0.05) is 29.8 Å². The van der Waals surface area contributed by atoms with Crippen molar-refractivity contribution < 1.29 is 33.0 Å². The molecule has 0 bridgehead atoms. The van der Waals surface area contributed by atoms with Gasteiger partial charge >= 0.3 is 6.09 Å². The molecule has 1 aliphatic heterocycles. The first-order valence-electron chi connectivity index (χ1n) is 17.4. The molecule has 3 amide bonds. The van der Waals surface area contributed by atoms with E-state index in [1.807, 2.05) is 19.1 Å². The van der Waals surface area contributed by atoms with Crippen molar-refractivity contribution in [1.29, 1.82) is 0 Å². The number of carbonyl (C=O) groups excluding carboxylic acids is 2. The highest BCUT2D eigenvalue weighted by atomic mass is 35.5. The molecule has 0 spiro atoms. The van der Waals surface area contributed by atoms with Crippen molar-refractivity contribution in [3.8, 4) is 28.3 Å². The van der Waals surface area contributed by atoms with Gasteiger partial charge in [0.15, 0.2) is 5.76 Å². The molecule has 2 aliphatic rings. The number of likely N-dealkylation sites (tertiary alicyclic amines) is 1. The third-order valence-electron chi connectivity index (χ3n) is 10.3. The van der Waals surface area contributed by atoms with Crippen molar-refractivity contribution in [2.24, 2.45) is 11.7 Å². The van der Waals surface area contributed by atoms with Gasteiger partial charge in [0.1, 0.15) is 17.5 Å². The molecule has 5 aromatic rings. The first-order chi connectivity index (χ1) is 24.6. The van der Waals surface area contributed by atoms with E-state index in [1.165, 1.54) is 16.9 Å². The van der Waals surface area contributed by atoms with E-state index >= 15 is 4.39 Å². The van der Waals surface area contributed by atoms with E-state index in [0.29, 0.717) is 28.0 Å². The summed E-state index contributed by atoms with van der Waals surface area (Å²) in [6.45, 7) is 7.97. The van der Waals surface area contributed by atoms with Gasteiger partial charge in [0.25, 0.3) is 5.91 Å². The van der Waals surface area contributed by atoms with E-state index in [2.05, 4.69) is 22.8 Å². The Kier molecular flexibility index (Phi) is 8.97. The van der Waals surface area contributed by atoms with E-state index < -0.39 is 35.7 Å². The molecule has 0 radical (unpaired) electrons. The van der Waals surface area contributed by atoms with Crippen LogP contribution in [0.25, 0.3) is 44.5 Å². The highest BCUT2D eigenvalue weighted by molar-refractivity contribution is 6.34. The average Bonchev–Trinajstić information content (AvgIpc) is 3.75. The Morgan fingerprint density at radius 1 is 1.06 bits per heavy atom. The van der Waals surface area contributed by atoms with Crippen LogP contribution in [0.5, 0.6) is 5.75 Å². The number of aromatic nitrogens is 1. The maximum atomic E-state index is 15.1. The highest BCUT2D eigenvalue weighted by Crippen LogP contribution is 2.43. The number of methoxy groups -OCH3 is 1. The van der Waals surface area contributed by atoms with Crippen molar-refractivity contribution in [1.82, 2.24) is 14.4 Å². The van der Waals surface area contributed by atoms with Gasteiger partial charge in [-0.15, -0.1) is 0 Å². The normalized spacial score (nSPS) is 17.9. The molecule has 7 rings (SSSR count). The third-order valence-corrected chi connectivity index (χ3v) is 10.6. The number of aryl methyl sites for hydroxylation is 1. The molecule has 272 valence electrons. The molecule has 1 aliphatic carbocycles. The number of hydrogen-bond donors (Lipinski definition) is 2. The fourth-order valence-corrected chi connectivity index (χ4v) is 7.95. The highest BCUT2D eigenvalue weighted by Gasteiger charge is 2.40. The Hall–Kier alpha value is -5.03. The Bertz CT molecular complexity index is 2250. The van der Waals surface area contributed by atoms with Gasteiger partial charge in [-0.2, -0.15) is 0 Å². The van der Waals surface area contributed by atoms with Gasteiger partial charge in [-0.3, -0.25) is 14.5 Å². The third kappa shape index (κ3) is 6.46. The fraction of sp³-hybridized carbons (Fsp3) is 0.375. The lowest BCUT2D eigenvalue weighted by atomic mass is 9.96. The average molecular weight is 729 g/mol. The topological polar surface area (TPSA) is 131 Å². The zero-order valence-corrected chi connectivity index (χ0v) is 30.6. The summed E-state index contributed by atoms with van der Waals surface area (Å²) in [5.74, 6) is 0.620. The molecule has 52 heavy (non-hydrogen) atoms. The first kappa shape index (κ1) is 35.4. The van der Waals surface area contributed by atoms with Gasteiger partial charge in [-0.25, -0.2) is 9.18 Å². The largest absolute Gasteiger partial charge is 0.496 e. The van der Waals surface area contributed by atoms with Crippen molar-refractivity contribution >= 4 is 51.4 Å². The number of piperidine rings is 1. The summed E-state index contributed by atoms with van der Waals surface area (Å²) < 4.78 is 29.8. The molecule has 3 aromatic carbocycles. The minimum atomic E-state index is -1.38. The molecule has 12 heteroatoms. The number of alkyl halides is 1. The Morgan fingerprint density at radius 3 is 2.40 bits per heavy atom. The van der Waals surface area contributed by atoms with E-state index in [1.54, 1.807) is 45.0 Å². The number of ether oxygens (including phenoxy) is 1. The van der Waals surface area contributed by atoms with Crippen molar-refractivity contribution in [2.45, 2.75) is 71.3 Å². The number of carbonyl (C=O) groups is 3. The van der Waals surface area contributed by atoms with E-state index in [0.717, 1.165) is 58.1 Å². The van der Waals surface area contributed by atoms with Crippen LogP contribution in [0.4, 0.5) is 9.18 Å². The summed E-state index contributed by atoms with van der Waals surface area (Å²) in [5, 5.41) is 12.0. The Labute approximate surface area is 305 Å². The molecular formula is C40H42ClFN4O6. The van der Waals surface area contributed by atoms with Crippen LogP contribution in [-0.2, 0) is 6.54 Å². The molecule has 2 fully saturated rings. The van der Waals surface area contributed by atoms with E-state index in [-0.39, 0.29) is 30.6 Å². The Balaban J connectivity index is 1.28. The number of nitrogens with two attached hydrogens (primary N) is 1. The number of nitrogens with zero attached hydrogens (tertiary/aromatic N) is 3. The van der Waals surface area contributed by atoms with Crippen molar-refractivity contribution in [3.63, 3.8) is 0 Å². The predicted octanol–water partition coefficient (Wildman–Crippen LogP) is 8.53. The molecule has 10 nitrogen and oxygen atoms in total. The molecular weight excluding hydrogens is 687 g/mol. The van der Waals surface area contributed by atoms with Gasteiger partial charge in [0.2, 0.25) is 5.91 Å². The number of rotatable bonds is 8. The quantitative estimate of drug-likeness (QED) is 0.165. The number of fused-ring (bicyclic) bond motifs is 2. The number of primary amides is 1. The second-order valence-electron chi connectivity index (χ2n) is 15.0. The zero-order chi connectivity index (χ0) is 37.2. The number of hydrogen-bond acceptors (Lipinski definition) is 5. The van der Waals surface area contributed by atoms with Crippen LogP contribution in [0.2, 0.25) is 5.02 Å². The summed E-state index contributed by atoms with van der Waals surface area (Å²) in [4.78, 5) is 40.6. The predicted molar refractivity (Wildman–Crippen MR) is 199 cm³/mol. The van der Waals surface area contributed by atoms with Crippen molar-refractivity contribution in [2.75, 3.05) is 20.2 Å². The first-order valence-corrected chi connectivity index (χ1v) is 17.8. The maximum absolute atomic E-state index is 15.1. The second-order valence-corrected chi connectivity index (χ2v) is 15.5. The second kappa shape index (κ2) is 13.2. The van der Waals surface area contributed by atoms with Crippen LogP contribution in [-0.4, -0.2) is 75.3 Å². The lowest BCUT2D eigenvalue weighted by molar-refractivity contribution is 0.0126. The number of amides is 3. The van der Waals surface area contributed by atoms with Crippen LogP contribution in [0, 0.1) is 12.8 Å². The van der Waals surface area contributed by atoms with Gasteiger partial charge < -0.3 is 29.5 Å². The van der Waals surface area contributed by atoms with Crippen LogP contribution in [0.15, 0.2) is 59.0 Å². The molecule has 1 saturated carbocycles. The van der Waals surface area contributed by atoms with Crippen molar-refractivity contribution in [3.05, 3.63) is 76.3 Å². The summed E-state index contributed by atoms with van der Waals surface area (Å²) in [6, 6.07) is 16.1. The smallest absolute Gasteiger partial charge is 0.408 e. The monoisotopic (exact) mass is 728 g/mol. The zero-order valence-electron chi connectivity index (χ0n) is 29.8. The number of furan rings is 1. The van der Waals surface area contributed by atoms with Gasteiger partial charge in [0, 0.05) is 47.1 Å². The van der Waals surface area contributed by atoms with Crippen LogP contribution in [0.3, 0.4) is 0 Å². The molecule has 3 N–H and O–H groups in total. The van der Waals surface area contributed by atoms with E-state index in [4.69, 9.17) is 26.5 Å². The van der Waals surface area contributed by atoms with Crippen LogP contribution < -0.4 is 10.5 Å². The number of halogens is 2. The summed E-state index contributed by atoms with van der Waals surface area (Å²) >= 11 is 6.40. The lowest BCUT2D eigenvalue weighted by Crippen LogP contribution is -2.59. The minimum absolute atomic E-state index is 0.0160.